The van der Waals surface area contributed by atoms with Gasteiger partial charge in [-0.3, -0.25) is 4.68 Å². The highest BCUT2D eigenvalue weighted by atomic mass is 19.1. The fourth-order valence-electron chi connectivity index (χ4n) is 1.77. The van der Waals surface area contributed by atoms with E-state index in [-0.39, 0.29) is 5.56 Å². The lowest BCUT2D eigenvalue weighted by Crippen LogP contribution is -2.08. The largest absolute Gasteiger partial charge is 0.382 e. The number of hydrogen-bond acceptors (Lipinski definition) is 2. The Kier molecular flexibility index (Phi) is 2.93. The molecule has 0 aliphatic heterocycles. The molecule has 1 aromatic carbocycles. The first-order chi connectivity index (χ1) is 7.99. The predicted molar refractivity (Wildman–Crippen MR) is 58.4 cm³/mol. The summed E-state index contributed by atoms with van der Waals surface area (Å²) >= 11 is 0. The molecule has 0 aliphatic carbocycles. The van der Waals surface area contributed by atoms with Crippen molar-refractivity contribution in [1.29, 1.82) is 0 Å². The van der Waals surface area contributed by atoms with Crippen molar-refractivity contribution in [1.82, 2.24) is 9.78 Å². The molecule has 1 unspecified atom stereocenters. The van der Waals surface area contributed by atoms with E-state index in [1.54, 1.807) is 20.0 Å². The Bertz CT molecular complexity index is 551. The van der Waals surface area contributed by atoms with E-state index in [1.807, 2.05) is 0 Å². The average Bonchev–Trinajstić information content (AvgIpc) is 2.60. The third kappa shape index (κ3) is 2.19. The molecule has 1 N–H and O–H groups in total. The SMILES string of the molecule is Cc1cc(C(O)c2cc(F)ccc2F)n(C)n1. The third-order valence-electron chi connectivity index (χ3n) is 2.57. The monoisotopic (exact) mass is 238 g/mol. The van der Waals surface area contributed by atoms with Crippen LogP contribution in [-0.4, -0.2) is 14.9 Å². The summed E-state index contributed by atoms with van der Waals surface area (Å²) in [5, 5.41) is 14.1. The lowest BCUT2D eigenvalue weighted by molar-refractivity contribution is 0.204. The van der Waals surface area contributed by atoms with Crippen molar-refractivity contribution in [2.45, 2.75) is 13.0 Å². The minimum absolute atomic E-state index is 0.0898. The standard InChI is InChI=1S/C12H12F2N2O/c1-7-5-11(16(2)15-7)12(17)9-6-8(13)3-4-10(9)14/h3-6,12,17H,1-2H3. The van der Waals surface area contributed by atoms with E-state index >= 15 is 0 Å². The summed E-state index contributed by atoms with van der Waals surface area (Å²) in [5.41, 5.74) is 1.04. The molecule has 2 rings (SSSR count). The van der Waals surface area contributed by atoms with Gasteiger partial charge in [-0.15, -0.1) is 0 Å². The molecule has 5 heteroatoms. The van der Waals surface area contributed by atoms with Crippen LogP contribution in [0.4, 0.5) is 8.78 Å². The number of aryl methyl sites for hydroxylation is 2. The molecule has 0 fully saturated rings. The number of halogens is 2. The maximum absolute atomic E-state index is 13.5. The van der Waals surface area contributed by atoms with Crippen molar-refractivity contribution in [2.75, 3.05) is 0 Å². The number of rotatable bonds is 2. The summed E-state index contributed by atoms with van der Waals surface area (Å²) < 4.78 is 28.0. The molecule has 0 saturated heterocycles. The summed E-state index contributed by atoms with van der Waals surface area (Å²) in [6, 6.07) is 4.63. The molecule has 0 radical (unpaired) electrons. The van der Waals surface area contributed by atoms with E-state index in [1.165, 1.54) is 4.68 Å². The van der Waals surface area contributed by atoms with Gasteiger partial charge in [-0.05, 0) is 31.2 Å². The topological polar surface area (TPSA) is 38.0 Å². The first-order valence-corrected chi connectivity index (χ1v) is 5.12. The van der Waals surface area contributed by atoms with E-state index < -0.39 is 17.7 Å². The van der Waals surface area contributed by atoms with Crippen LogP contribution in [0, 0.1) is 18.6 Å². The van der Waals surface area contributed by atoms with Gasteiger partial charge in [0.05, 0.1) is 11.4 Å². The summed E-state index contributed by atoms with van der Waals surface area (Å²) in [5.74, 6) is -1.22. The minimum atomic E-state index is -1.23. The Morgan fingerprint density at radius 2 is 2.00 bits per heavy atom. The number of aliphatic hydroxyl groups excluding tert-OH is 1. The smallest absolute Gasteiger partial charge is 0.129 e. The van der Waals surface area contributed by atoms with E-state index in [0.29, 0.717) is 11.4 Å². The Balaban J connectivity index is 2.46. The van der Waals surface area contributed by atoms with Crippen LogP contribution in [0.1, 0.15) is 23.1 Å². The molecule has 1 aromatic heterocycles. The van der Waals surface area contributed by atoms with Crippen molar-refractivity contribution in [3.63, 3.8) is 0 Å². The van der Waals surface area contributed by atoms with Crippen LogP contribution in [-0.2, 0) is 7.05 Å². The van der Waals surface area contributed by atoms with Crippen LogP contribution in [0.2, 0.25) is 0 Å². The fourth-order valence-corrected chi connectivity index (χ4v) is 1.77. The number of nitrogens with zero attached hydrogens (tertiary/aromatic N) is 2. The van der Waals surface area contributed by atoms with Crippen LogP contribution in [0.3, 0.4) is 0 Å². The van der Waals surface area contributed by atoms with E-state index in [9.17, 15) is 13.9 Å². The van der Waals surface area contributed by atoms with E-state index in [2.05, 4.69) is 5.10 Å². The first kappa shape index (κ1) is 11.7. The van der Waals surface area contributed by atoms with Crippen LogP contribution in [0.15, 0.2) is 24.3 Å². The van der Waals surface area contributed by atoms with Crippen molar-refractivity contribution >= 4 is 0 Å². The zero-order valence-electron chi connectivity index (χ0n) is 9.48. The van der Waals surface area contributed by atoms with Gasteiger partial charge in [0.2, 0.25) is 0 Å². The van der Waals surface area contributed by atoms with Gasteiger partial charge in [-0.1, -0.05) is 0 Å². The highest BCUT2D eigenvalue weighted by molar-refractivity contribution is 5.28. The zero-order valence-corrected chi connectivity index (χ0v) is 9.48. The zero-order chi connectivity index (χ0) is 12.6. The Morgan fingerprint density at radius 3 is 2.59 bits per heavy atom. The molecule has 2 aromatic rings. The maximum Gasteiger partial charge on any atom is 0.129 e. The van der Waals surface area contributed by atoms with E-state index in [0.717, 1.165) is 18.2 Å². The van der Waals surface area contributed by atoms with Gasteiger partial charge in [0.25, 0.3) is 0 Å². The highest BCUT2D eigenvalue weighted by Crippen LogP contribution is 2.25. The van der Waals surface area contributed by atoms with Gasteiger partial charge in [-0.2, -0.15) is 5.10 Å². The van der Waals surface area contributed by atoms with Crippen molar-refractivity contribution in [2.24, 2.45) is 7.05 Å². The first-order valence-electron chi connectivity index (χ1n) is 5.12. The second-order valence-electron chi connectivity index (χ2n) is 3.90. The van der Waals surface area contributed by atoms with E-state index in [4.69, 9.17) is 0 Å². The van der Waals surface area contributed by atoms with Crippen molar-refractivity contribution in [3.8, 4) is 0 Å². The number of hydrogen-bond donors (Lipinski definition) is 1. The minimum Gasteiger partial charge on any atom is -0.382 e. The molecule has 1 heterocycles. The fraction of sp³-hybridized carbons (Fsp3) is 0.250. The molecule has 0 amide bonds. The maximum atomic E-state index is 13.5. The molecule has 0 bridgehead atoms. The van der Waals surface area contributed by atoms with Gasteiger partial charge in [0.15, 0.2) is 0 Å². The van der Waals surface area contributed by atoms with Gasteiger partial charge in [0.1, 0.15) is 17.7 Å². The van der Waals surface area contributed by atoms with Crippen LogP contribution in [0.25, 0.3) is 0 Å². The van der Waals surface area contributed by atoms with Gasteiger partial charge < -0.3 is 5.11 Å². The molecule has 90 valence electrons. The second kappa shape index (κ2) is 4.25. The Hall–Kier alpha value is -1.75. The lowest BCUT2D eigenvalue weighted by atomic mass is 10.1. The normalized spacial score (nSPS) is 12.8. The average molecular weight is 238 g/mol. The number of aliphatic hydroxyl groups is 1. The van der Waals surface area contributed by atoms with Crippen LogP contribution >= 0.6 is 0 Å². The molecule has 3 nitrogen and oxygen atoms in total. The van der Waals surface area contributed by atoms with Gasteiger partial charge >= 0.3 is 0 Å². The molecular weight excluding hydrogens is 226 g/mol. The number of aromatic nitrogens is 2. The summed E-state index contributed by atoms with van der Waals surface area (Å²) in [4.78, 5) is 0. The Morgan fingerprint density at radius 1 is 1.29 bits per heavy atom. The third-order valence-corrected chi connectivity index (χ3v) is 2.57. The Labute approximate surface area is 97.3 Å². The quantitative estimate of drug-likeness (QED) is 0.870. The van der Waals surface area contributed by atoms with Gasteiger partial charge in [-0.25, -0.2) is 8.78 Å². The second-order valence-corrected chi connectivity index (χ2v) is 3.90. The van der Waals surface area contributed by atoms with Crippen molar-refractivity contribution in [3.05, 3.63) is 52.9 Å². The van der Waals surface area contributed by atoms with Crippen LogP contribution in [0.5, 0.6) is 0 Å². The molecule has 0 saturated carbocycles. The molecule has 17 heavy (non-hydrogen) atoms. The molecule has 0 spiro atoms. The van der Waals surface area contributed by atoms with Crippen LogP contribution < -0.4 is 0 Å². The van der Waals surface area contributed by atoms with Crippen molar-refractivity contribution < 1.29 is 13.9 Å². The summed E-state index contributed by atoms with van der Waals surface area (Å²) in [6.07, 6.45) is -1.23. The number of benzene rings is 1. The molecule has 0 aliphatic rings. The lowest BCUT2D eigenvalue weighted by Gasteiger charge is -2.12. The molecular formula is C12H12F2N2O. The summed E-state index contributed by atoms with van der Waals surface area (Å²) in [6.45, 7) is 1.76. The summed E-state index contributed by atoms with van der Waals surface area (Å²) in [7, 11) is 1.64. The predicted octanol–water partition coefficient (Wildman–Crippen LogP) is 2.09. The highest BCUT2D eigenvalue weighted by Gasteiger charge is 2.19. The van der Waals surface area contributed by atoms with Gasteiger partial charge in [0, 0.05) is 12.6 Å². The molecule has 1 atom stereocenters.